The van der Waals surface area contributed by atoms with Gasteiger partial charge in [0.15, 0.2) is 11.6 Å². The maximum Gasteiger partial charge on any atom is 0.410 e. The lowest BCUT2D eigenvalue weighted by atomic mass is 9.88. The minimum atomic E-state index is -0.769. The van der Waals surface area contributed by atoms with Crippen molar-refractivity contribution in [1.29, 1.82) is 0 Å². The Bertz CT molecular complexity index is 2420. The molecule has 4 amide bonds. The Hall–Kier alpha value is -6.46. The summed E-state index contributed by atoms with van der Waals surface area (Å²) >= 11 is 0. The third kappa shape index (κ3) is 14.3. The maximum absolute atomic E-state index is 13.2. The molecule has 0 spiro atoms. The fraction of sp³-hybridized carbons (Fsp3) is 0.490. The van der Waals surface area contributed by atoms with Crippen LogP contribution in [-0.2, 0) is 59.6 Å². The average molecular weight is 934 g/mol. The number of carbonyl (C=O) groups excluding carboxylic acids is 6. The Morgan fingerprint density at radius 3 is 2.25 bits per heavy atom. The summed E-state index contributed by atoms with van der Waals surface area (Å²) in [6.45, 7) is 14.9. The molecule has 0 unspecified atom stereocenters. The van der Waals surface area contributed by atoms with E-state index in [9.17, 15) is 28.8 Å². The molecular weight excluding hydrogens is 867 g/mol. The van der Waals surface area contributed by atoms with Crippen molar-refractivity contribution in [2.24, 2.45) is 11.8 Å². The van der Waals surface area contributed by atoms with Crippen LogP contribution in [0.15, 0.2) is 66.9 Å². The number of ketones is 2. The molecule has 0 radical (unpaired) electrons. The first-order chi connectivity index (χ1) is 32.7. The first kappa shape index (κ1) is 50.9. The number of rotatable bonds is 25. The number of nitrogens with two attached hydrogens (primary N) is 1. The molecule has 1 fully saturated rings. The summed E-state index contributed by atoms with van der Waals surface area (Å²) in [5.41, 5.74) is 13.0. The van der Waals surface area contributed by atoms with Crippen molar-refractivity contribution in [3.63, 3.8) is 0 Å². The number of carbonyl (C=O) groups is 6. The molecule has 68 heavy (non-hydrogen) atoms. The van der Waals surface area contributed by atoms with E-state index < -0.39 is 23.8 Å². The van der Waals surface area contributed by atoms with Gasteiger partial charge in [-0.3, -0.25) is 33.8 Å². The van der Waals surface area contributed by atoms with Crippen LogP contribution in [0.4, 0.5) is 16.6 Å². The molecule has 17 nitrogen and oxygen atoms in total. The highest BCUT2D eigenvalue weighted by Gasteiger charge is 2.28. The van der Waals surface area contributed by atoms with Crippen molar-refractivity contribution >= 4 is 58.2 Å². The van der Waals surface area contributed by atoms with Gasteiger partial charge in [0.1, 0.15) is 17.9 Å². The van der Waals surface area contributed by atoms with Gasteiger partial charge in [-0.15, -0.1) is 0 Å². The van der Waals surface area contributed by atoms with E-state index in [-0.39, 0.29) is 81.1 Å². The highest BCUT2D eigenvalue weighted by molar-refractivity contribution is 6.12. The number of imide groups is 1. The van der Waals surface area contributed by atoms with E-state index in [1.807, 2.05) is 50.4 Å². The third-order valence-corrected chi connectivity index (χ3v) is 12.6. The van der Waals surface area contributed by atoms with Gasteiger partial charge >= 0.3 is 6.09 Å². The molecule has 364 valence electrons. The molecule has 0 aliphatic carbocycles. The van der Waals surface area contributed by atoms with E-state index in [1.165, 1.54) is 28.8 Å². The molecule has 4 heterocycles. The molecule has 2 aliphatic rings. The summed E-state index contributed by atoms with van der Waals surface area (Å²) in [7, 11) is 0. The monoisotopic (exact) mass is 934 g/mol. The van der Waals surface area contributed by atoms with Gasteiger partial charge in [0.05, 0.1) is 31.3 Å². The zero-order valence-electron chi connectivity index (χ0n) is 40.1. The smallest absolute Gasteiger partial charge is 0.410 e. The number of Topliss-reactive ketones (excluding diaryl/α,β-unsaturated/α-hetero) is 2. The first-order valence-electron chi connectivity index (χ1n) is 23.8. The van der Waals surface area contributed by atoms with Crippen LogP contribution in [0.2, 0.25) is 0 Å². The number of hydrogen-bond donors (Lipinski definition) is 3. The van der Waals surface area contributed by atoms with Gasteiger partial charge in [0.2, 0.25) is 11.9 Å². The van der Waals surface area contributed by atoms with E-state index in [4.69, 9.17) is 15.2 Å². The van der Waals surface area contributed by atoms with Gasteiger partial charge < -0.3 is 35.3 Å². The molecule has 6 rings (SSSR count). The number of nitrogen functional groups attached to an aromatic ring is 1. The molecule has 1 saturated heterocycles. The van der Waals surface area contributed by atoms with Gasteiger partial charge in [0.25, 0.3) is 11.8 Å². The molecule has 17 heteroatoms. The zero-order chi connectivity index (χ0) is 48.7. The second-order valence-corrected chi connectivity index (χ2v) is 18.1. The quantitative estimate of drug-likeness (QED) is 0.0546. The van der Waals surface area contributed by atoms with Crippen LogP contribution in [0.3, 0.4) is 0 Å². The fourth-order valence-corrected chi connectivity index (χ4v) is 8.34. The lowest BCUT2D eigenvalue weighted by Crippen LogP contribution is -2.48. The van der Waals surface area contributed by atoms with Gasteiger partial charge in [-0.05, 0) is 60.1 Å². The van der Waals surface area contributed by atoms with Crippen LogP contribution in [0.1, 0.15) is 87.6 Å². The number of hydrogen-bond acceptors (Lipinski definition) is 13. The number of ether oxygens (including phenoxy) is 2. The van der Waals surface area contributed by atoms with E-state index >= 15 is 0 Å². The van der Waals surface area contributed by atoms with Crippen molar-refractivity contribution in [2.45, 2.75) is 98.9 Å². The van der Waals surface area contributed by atoms with Crippen LogP contribution in [-0.4, -0.2) is 123 Å². The highest BCUT2D eigenvalue weighted by Crippen LogP contribution is 2.25. The van der Waals surface area contributed by atoms with E-state index in [0.717, 1.165) is 78.3 Å². The van der Waals surface area contributed by atoms with Crippen LogP contribution in [0, 0.1) is 18.8 Å². The van der Waals surface area contributed by atoms with Crippen molar-refractivity contribution in [2.75, 3.05) is 63.5 Å². The summed E-state index contributed by atoms with van der Waals surface area (Å²) < 4.78 is 13.3. The fourth-order valence-electron chi connectivity index (χ4n) is 8.34. The predicted molar refractivity (Wildman–Crippen MR) is 259 cm³/mol. The van der Waals surface area contributed by atoms with Gasteiger partial charge in [-0.25, -0.2) is 9.78 Å². The van der Waals surface area contributed by atoms with Gasteiger partial charge in [0, 0.05) is 89.3 Å². The van der Waals surface area contributed by atoms with E-state index in [2.05, 4.69) is 62.1 Å². The predicted octanol–water partition coefficient (Wildman–Crippen LogP) is 5.61. The Balaban J connectivity index is 0.881. The number of piperazine rings is 1. The normalized spacial score (nSPS) is 15.0. The van der Waals surface area contributed by atoms with Crippen molar-refractivity contribution in [3.8, 4) is 0 Å². The number of nitrogens with one attached hydrogen (secondary N) is 2. The Morgan fingerprint density at radius 1 is 0.853 bits per heavy atom. The summed E-state index contributed by atoms with van der Waals surface area (Å²) in [4.78, 5) is 89.5. The van der Waals surface area contributed by atoms with Crippen molar-refractivity contribution in [3.05, 3.63) is 94.7 Å². The lowest BCUT2D eigenvalue weighted by molar-refractivity contribution is -0.138. The second-order valence-electron chi connectivity index (χ2n) is 18.1. The summed E-state index contributed by atoms with van der Waals surface area (Å²) in [6, 6.07) is 15.1. The molecule has 2 aliphatic heterocycles. The molecule has 4 aromatic rings. The number of nitrogens with zero attached hydrogens (tertiary/aromatic N) is 6. The summed E-state index contributed by atoms with van der Waals surface area (Å²) in [5, 5.41) is 6.27. The van der Waals surface area contributed by atoms with Crippen molar-refractivity contribution < 1.29 is 38.2 Å². The molecular formula is C51H67N9O8. The summed E-state index contributed by atoms with van der Waals surface area (Å²) in [6.07, 6.45) is 7.61. The third-order valence-electron chi connectivity index (χ3n) is 12.6. The van der Waals surface area contributed by atoms with Crippen LogP contribution < -0.4 is 16.4 Å². The molecule has 2 aromatic carbocycles. The SMILES string of the molecule is CCCCCNc1nc(N)nc2ccn(Cc3ccc(CN4CCN(C(=O)OCc5ccc(CC(=O)[C@H](C)NC(=O)[C@@H](CC(=O)CCOCCN6C(=O)C=CC6=O)C(C)C)cc5)CC4)cc3C)c12. The highest BCUT2D eigenvalue weighted by atomic mass is 16.6. The molecule has 0 bridgehead atoms. The maximum atomic E-state index is 13.2. The van der Waals surface area contributed by atoms with Crippen LogP contribution in [0.25, 0.3) is 11.0 Å². The van der Waals surface area contributed by atoms with Crippen LogP contribution in [0.5, 0.6) is 0 Å². The largest absolute Gasteiger partial charge is 0.445 e. The molecule has 4 N–H and O–H groups in total. The van der Waals surface area contributed by atoms with E-state index in [1.54, 1.807) is 11.8 Å². The number of fused-ring (bicyclic) bond motifs is 1. The lowest BCUT2D eigenvalue weighted by Gasteiger charge is -2.34. The number of aromatic nitrogens is 3. The minimum Gasteiger partial charge on any atom is -0.445 e. The minimum absolute atomic E-state index is 0.000104. The first-order valence-corrected chi connectivity index (χ1v) is 23.8. The van der Waals surface area contributed by atoms with Gasteiger partial charge in [-0.2, -0.15) is 4.98 Å². The summed E-state index contributed by atoms with van der Waals surface area (Å²) in [5.74, 6) is -1.24. The molecule has 0 saturated carbocycles. The average Bonchev–Trinajstić information content (AvgIpc) is 3.87. The Labute approximate surface area is 398 Å². The number of amides is 4. The van der Waals surface area contributed by atoms with Gasteiger partial charge in [-0.1, -0.05) is 76.1 Å². The number of unbranched alkanes of at least 4 members (excludes halogenated alkanes) is 2. The van der Waals surface area contributed by atoms with Crippen LogP contribution >= 0.6 is 0 Å². The zero-order valence-corrected chi connectivity index (χ0v) is 40.1. The Morgan fingerprint density at radius 2 is 1.56 bits per heavy atom. The standard InChI is InChI=1S/C51H67N9O8/c1-6-7-8-19-53-48-47-43(55-50(52)56-48)17-20-59(47)32-40-14-13-39(28-35(40)4)31-57-21-23-58(24-22-57)51(66)68-33-38-11-9-37(10-12-38)29-44(62)36(5)54-49(65)42(34(2)3)30-41(61)18-26-67-27-25-60-45(63)15-16-46(60)64/h9-17,20,28,34,36,42H,6-8,18-19,21-27,29-33H2,1-5H3,(H,54,65)(H3,52,53,55,56)/t36-,42-/m0/s1. The van der Waals surface area contributed by atoms with E-state index in [0.29, 0.717) is 19.6 Å². The second kappa shape index (κ2) is 24.5. The number of benzene rings is 2. The Kier molecular flexibility index (Phi) is 18.4. The number of anilines is 2. The molecule has 2 aromatic heterocycles. The molecule has 2 atom stereocenters. The topological polar surface area (TPSA) is 211 Å². The number of aryl methyl sites for hydroxylation is 1. The van der Waals surface area contributed by atoms with Crippen molar-refractivity contribution in [1.82, 2.24) is 34.6 Å².